The number of hydrogen-bond donors (Lipinski definition) is 2. The van der Waals surface area contributed by atoms with Gasteiger partial charge in [0.05, 0.1) is 0 Å². The molecule has 0 saturated carbocycles. The van der Waals surface area contributed by atoms with E-state index >= 15 is 0 Å². The average molecular weight is 217 g/mol. The van der Waals surface area contributed by atoms with Gasteiger partial charge in [-0.1, -0.05) is 12.1 Å². The van der Waals surface area contributed by atoms with Crippen LogP contribution in [0.3, 0.4) is 0 Å². The van der Waals surface area contributed by atoms with Crippen molar-refractivity contribution in [1.29, 1.82) is 0 Å². The number of rotatable bonds is 2. The van der Waals surface area contributed by atoms with Crippen LogP contribution in [0.15, 0.2) is 23.8 Å². The number of ketones is 1. The predicted octanol–water partition coefficient (Wildman–Crippen LogP) is 1.32. The first-order valence-electron chi connectivity index (χ1n) is 4.91. The van der Waals surface area contributed by atoms with Crippen LogP contribution in [0.5, 0.6) is 0 Å². The van der Waals surface area contributed by atoms with E-state index in [-0.39, 0.29) is 17.8 Å². The van der Waals surface area contributed by atoms with Crippen molar-refractivity contribution in [3.63, 3.8) is 0 Å². The monoisotopic (exact) mass is 217 g/mol. The summed E-state index contributed by atoms with van der Waals surface area (Å²) in [5.74, 6) is -1.51. The van der Waals surface area contributed by atoms with Crippen molar-refractivity contribution in [2.75, 3.05) is 12.4 Å². The lowest BCUT2D eigenvalue weighted by Crippen LogP contribution is -2.19. The van der Waals surface area contributed by atoms with Crippen LogP contribution >= 0.6 is 0 Å². The number of nitrogens with one attached hydrogen (secondary N) is 1. The molecule has 4 nitrogen and oxygen atoms in total. The van der Waals surface area contributed by atoms with E-state index in [2.05, 4.69) is 5.32 Å². The van der Waals surface area contributed by atoms with Gasteiger partial charge in [0.25, 0.3) is 0 Å². The van der Waals surface area contributed by atoms with Crippen LogP contribution in [0.4, 0.5) is 5.69 Å². The maximum Gasteiger partial charge on any atom is 0.339 e. The number of fused-ring (bicyclic) bond motifs is 1. The number of carbonyl (C=O) groups excluding carboxylic acids is 1. The fourth-order valence-electron chi connectivity index (χ4n) is 1.84. The normalized spacial score (nSPS) is 14.1. The summed E-state index contributed by atoms with van der Waals surface area (Å²) in [4.78, 5) is 22.4. The van der Waals surface area contributed by atoms with Crippen molar-refractivity contribution in [2.45, 2.75) is 6.42 Å². The van der Waals surface area contributed by atoms with Gasteiger partial charge in [-0.25, -0.2) is 4.79 Å². The molecule has 4 heteroatoms. The lowest BCUT2D eigenvalue weighted by Gasteiger charge is -2.16. The molecule has 2 N–H and O–H groups in total. The quantitative estimate of drug-likeness (QED) is 0.733. The minimum Gasteiger partial charge on any atom is -0.478 e. The Hall–Kier alpha value is -2.10. The molecule has 0 atom stereocenters. The van der Waals surface area contributed by atoms with Gasteiger partial charge in [0.1, 0.15) is 5.57 Å². The maximum atomic E-state index is 11.6. The molecule has 0 radical (unpaired) electrons. The van der Waals surface area contributed by atoms with E-state index in [9.17, 15) is 9.59 Å². The van der Waals surface area contributed by atoms with E-state index in [1.54, 1.807) is 7.05 Å². The molecule has 1 aliphatic carbocycles. The van der Waals surface area contributed by atoms with E-state index in [0.29, 0.717) is 0 Å². The molecule has 0 bridgehead atoms. The number of carboxylic acid groups (broad SMARTS) is 1. The van der Waals surface area contributed by atoms with Crippen molar-refractivity contribution in [1.82, 2.24) is 0 Å². The number of aliphatic carboxylic acids is 1. The summed E-state index contributed by atoms with van der Waals surface area (Å²) in [6.45, 7) is 0. The van der Waals surface area contributed by atoms with Crippen molar-refractivity contribution in [3.05, 3.63) is 34.9 Å². The largest absolute Gasteiger partial charge is 0.478 e. The van der Waals surface area contributed by atoms with E-state index in [4.69, 9.17) is 5.11 Å². The zero-order valence-corrected chi connectivity index (χ0v) is 8.78. The Morgan fingerprint density at radius 1 is 1.44 bits per heavy atom. The van der Waals surface area contributed by atoms with Crippen molar-refractivity contribution in [2.24, 2.45) is 0 Å². The molecular formula is C12H11NO3. The van der Waals surface area contributed by atoms with Gasteiger partial charge < -0.3 is 10.4 Å². The van der Waals surface area contributed by atoms with Gasteiger partial charge in [-0.15, -0.1) is 0 Å². The van der Waals surface area contributed by atoms with E-state index in [1.165, 1.54) is 6.08 Å². The number of carboxylic acids is 1. The summed E-state index contributed by atoms with van der Waals surface area (Å²) >= 11 is 0. The molecule has 0 spiro atoms. The first-order valence-corrected chi connectivity index (χ1v) is 4.91. The second-order valence-electron chi connectivity index (χ2n) is 3.59. The third kappa shape index (κ3) is 1.58. The number of anilines is 1. The van der Waals surface area contributed by atoms with Gasteiger partial charge in [0, 0.05) is 19.2 Å². The molecule has 16 heavy (non-hydrogen) atoms. The molecule has 0 amide bonds. The minimum absolute atomic E-state index is 0.138. The van der Waals surface area contributed by atoms with Crippen molar-refractivity contribution < 1.29 is 14.7 Å². The van der Waals surface area contributed by atoms with Crippen molar-refractivity contribution >= 4 is 23.5 Å². The molecule has 0 fully saturated rings. The lowest BCUT2D eigenvalue weighted by molar-refractivity contribution is -0.134. The highest BCUT2D eigenvalue weighted by Gasteiger charge is 2.24. The summed E-state index contributed by atoms with van der Waals surface area (Å²) in [6.07, 6.45) is 1.58. The van der Waals surface area contributed by atoms with Crippen LogP contribution in [0.2, 0.25) is 0 Å². The molecule has 1 aromatic rings. The molecule has 0 unspecified atom stereocenters. The van der Waals surface area contributed by atoms with E-state index in [0.717, 1.165) is 16.8 Å². The third-order valence-electron chi connectivity index (χ3n) is 2.65. The predicted molar refractivity (Wildman–Crippen MR) is 60.3 cm³/mol. The molecule has 0 aliphatic heterocycles. The summed E-state index contributed by atoms with van der Waals surface area (Å²) < 4.78 is 0. The molecule has 2 rings (SSSR count). The molecule has 0 saturated heterocycles. The maximum absolute atomic E-state index is 11.6. The van der Waals surface area contributed by atoms with Crippen LogP contribution in [0, 0.1) is 0 Å². The Morgan fingerprint density at radius 3 is 2.81 bits per heavy atom. The Kier molecular flexibility index (Phi) is 2.48. The average Bonchev–Trinajstić information content (AvgIpc) is 2.27. The number of carbonyl (C=O) groups is 2. The minimum atomic E-state index is -1.16. The molecule has 1 aromatic carbocycles. The highest BCUT2D eigenvalue weighted by Crippen LogP contribution is 2.27. The zero-order valence-electron chi connectivity index (χ0n) is 8.78. The van der Waals surface area contributed by atoms with Gasteiger partial charge >= 0.3 is 5.97 Å². The molecule has 0 aromatic heterocycles. The number of hydrogen-bond acceptors (Lipinski definition) is 3. The van der Waals surface area contributed by atoms with Crippen LogP contribution in [-0.2, 0) is 16.0 Å². The smallest absolute Gasteiger partial charge is 0.339 e. The molecule has 1 aliphatic rings. The van der Waals surface area contributed by atoms with Crippen LogP contribution in [-0.4, -0.2) is 23.9 Å². The Labute approximate surface area is 92.6 Å². The van der Waals surface area contributed by atoms with E-state index < -0.39 is 5.97 Å². The van der Waals surface area contributed by atoms with Crippen LogP contribution < -0.4 is 5.32 Å². The summed E-state index contributed by atoms with van der Waals surface area (Å²) in [5, 5.41) is 11.8. The second-order valence-corrected chi connectivity index (χ2v) is 3.59. The van der Waals surface area contributed by atoms with Crippen LogP contribution in [0.25, 0.3) is 6.08 Å². The first-order chi connectivity index (χ1) is 7.63. The van der Waals surface area contributed by atoms with E-state index in [1.807, 2.05) is 18.2 Å². The summed E-state index contributed by atoms with van der Waals surface area (Å²) in [5.41, 5.74) is 2.39. The van der Waals surface area contributed by atoms with Gasteiger partial charge in [0.2, 0.25) is 0 Å². The van der Waals surface area contributed by atoms with Gasteiger partial charge in [-0.3, -0.25) is 4.79 Å². The Balaban J connectivity index is 2.58. The Bertz CT molecular complexity index is 503. The number of benzene rings is 1. The fourth-order valence-corrected chi connectivity index (χ4v) is 1.84. The van der Waals surface area contributed by atoms with Gasteiger partial charge in [-0.05, 0) is 23.3 Å². The lowest BCUT2D eigenvalue weighted by atomic mass is 9.90. The van der Waals surface area contributed by atoms with Crippen LogP contribution in [0.1, 0.15) is 11.1 Å². The third-order valence-corrected chi connectivity index (χ3v) is 2.65. The van der Waals surface area contributed by atoms with Gasteiger partial charge in [0.15, 0.2) is 5.78 Å². The molecule has 82 valence electrons. The second kappa shape index (κ2) is 3.81. The van der Waals surface area contributed by atoms with Crippen molar-refractivity contribution in [3.8, 4) is 0 Å². The standard InChI is InChI=1S/C12H11NO3/c1-13-10-4-2-3-7-5-9(12(15)16)11(14)6-8(7)10/h2-5,13H,6H2,1H3,(H,15,16). The first kappa shape index (κ1) is 10.4. The molecular weight excluding hydrogens is 206 g/mol. The highest BCUT2D eigenvalue weighted by atomic mass is 16.4. The van der Waals surface area contributed by atoms with Gasteiger partial charge in [-0.2, -0.15) is 0 Å². The summed E-state index contributed by atoms with van der Waals surface area (Å²) in [6, 6.07) is 5.51. The number of Topliss-reactive ketones (excluding diaryl/α,β-unsaturated/α-hetero) is 1. The highest BCUT2D eigenvalue weighted by molar-refractivity contribution is 6.22. The SMILES string of the molecule is CNc1cccc2c1CC(=O)C(C(=O)O)=C2. The Morgan fingerprint density at radius 2 is 2.19 bits per heavy atom. The zero-order chi connectivity index (χ0) is 11.7. The molecule has 0 heterocycles. The fraction of sp³-hybridized carbons (Fsp3) is 0.167. The summed E-state index contributed by atoms with van der Waals surface area (Å²) in [7, 11) is 1.77. The topological polar surface area (TPSA) is 66.4 Å².